The summed E-state index contributed by atoms with van der Waals surface area (Å²) in [5.74, 6) is 1.53. The van der Waals surface area contributed by atoms with E-state index in [9.17, 15) is 24.3 Å². The molecule has 0 aliphatic carbocycles. The number of hydrogen-bond acceptors (Lipinski definition) is 11. The molecule has 3 aromatic rings. The summed E-state index contributed by atoms with van der Waals surface area (Å²) in [6, 6.07) is 15.6. The molecule has 1 aromatic heterocycles. The lowest BCUT2D eigenvalue weighted by molar-refractivity contribution is -0.144. The Balaban J connectivity index is 1.15. The molecule has 2 fully saturated rings. The number of rotatable bonds is 14. The summed E-state index contributed by atoms with van der Waals surface area (Å²) in [5.41, 5.74) is 8.22. The van der Waals surface area contributed by atoms with Crippen LogP contribution < -0.4 is 31.3 Å². The van der Waals surface area contributed by atoms with Crippen molar-refractivity contribution in [3.05, 3.63) is 95.5 Å². The average Bonchev–Trinajstić information content (AvgIpc) is 3.63. The summed E-state index contributed by atoms with van der Waals surface area (Å²) >= 11 is 0. The predicted molar refractivity (Wildman–Crippen MR) is 232 cm³/mol. The third-order valence-corrected chi connectivity index (χ3v) is 10.9. The highest BCUT2D eigenvalue weighted by molar-refractivity contribution is 6.07. The molecule has 2 aromatic carbocycles. The van der Waals surface area contributed by atoms with Gasteiger partial charge in [-0.05, 0) is 73.5 Å². The van der Waals surface area contributed by atoms with Crippen LogP contribution in [0.3, 0.4) is 0 Å². The van der Waals surface area contributed by atoms with Gasteiger partial charge in [0.1, 0.15) is 23.5 Å². The van der Waals surface area contributed by atoms with Gasteiger partial charge in [-0.15, -0.1) is 6.42 Å². The zero-order valence-electron chi connectivity index (χ0n) is 35.2. The fourth-order valence-corrected chi connectivity index (χ4v) is 7.48. The van der Waals surface area contributed by atoms with Crippen molar-refractivity contribution in [3.63, 3.8) is 0 Å². The number of ether oxygens (including phenoxy) is 1. The van der Waals surface area contributed by atoms with Crippen LogP contribution in [0, 0.1) is 23.2 Å². The second-order valence-corrected chi connectivity index (χ2v) is 16.4. The number of aliphatic hydroxyl groups is 1. The minimum absolute atomic E-state index is 0.0112. The lowest BCUT2D eigenvalue weighted by atomic mass is 9.85. The van der Waals surface area contributed by atoms with E-state index >= 15 is 0 Å². The number of likely N-dealkylation sites (tertiary alicyclic amines) is 1. The average molecular weight is 820 g/mol. The molecule has 318 valence electrons. The summed E-state index contributed by atoms with van der Waals surface area (Å²) in [5, 5.41) is 27.5. The third-order valence-electron chi connectivity index (χ3n) is 10.9. The Hall–Kier alpha value is -6.24. The van der Waals surface area contributed by atoms with E-state index in [1.807, 2.05) is 52.0 Å². The first-order chi connectivity index (χ1) is 28.5. The molecule has 15 heteroatoms. The fourth-order valence-electron chi connectivity index (χ4n) is 7.48. The number of aromatic nitrogens is 1. The van der Waals surface area contributed by atoms with Crippen molar-refractivity contribution in [1.29, 1.82) is 5.41 Å². The Kier molecular flexibility index (Phi) is 14.7. The van der Waals surface area contributed by atoms with Crippen molar-refractivity contribution in [2.45, 2.75) is 77.7 Å². The minimum atomic E-state index is -0.925. The molecule has 2 saturated heterocycles. The molecule has 0 saturated carbocycles. The Labute approximate surface area is 352 Å². The van der Waals surface area contributed by atoms with Crippen LogP contribution in [-0.4, -0.2) is 113 Å². The predicted octanol–water partition coefficient (Wildman–Crippen LogP) is 3.43. The number of nitrogens with zero attached hydrogens (tertiary/aromatic N) is 4. The molecule has 0 bridgehead atoms. The Morgan fingerprint density at radius 1 is 1.07 bits per heavy atom. The standard InChI is InChI=1S/C45H57N9O6/c1-8-30-12-14-31(15-13-30)29(3)48-43(58)38-25-33(55)27-54(38)44(59)41(45(4,5)6)51-40(56)19-21-52-22-23-53(26-28(52)2)32-16-17-36(39(24-32)60-7)50-42(57)37-11-9-10-35(49-37)34(47)18-20-46/h1,9-18,20,24,28-29,33,38,41,47,55H,19,21-23,25-27,46H2,2-7H3,(H,48,58)(H,50,57)(H,51,56)/b20-18-,47-34?/t28-,29+,33-,38+,41-/m1/s1. The second-order valence-electron chi connectivity index (χ2n) is 16.4. The van der Waals surface area contributed by atoms with Crippen molar-refractivity contribution in [1.82, 2.24) is 25.4 Å². The van der Waals surface area contributed by atoms with Crippen molar-refractivity contribution in [3.8, 4) is 18.1 Å². The number of hydrogen-bond donors (Lipinski definition) is 6. The Bertz CT molecular complexity index is 2130. The number of β-amino-alcohol motifs (C(OH)–C–C–N with tert-alkyl or cyclic N) is 1. The number of terminal acetylenes is 1. The number of allylic oxidation sites excluding steroid dienone is 1. The number of piperazine rings is 1. The van der Waals surface area contributed by atoms with Gasteiger partial charge in [0, 0.05) is 68.9 Å². The maximum absolute atomic E-state index is 14.1. The van der Waals surface area contributed by atoms with Gasteiger partial charge < -0.3 is 41.3 Å². The van der Waals surface area contributed by atoms with Gasteiger partial charge >= 0.3 is 0 Å². The fraction of sp³-hybridized carbons (Fsp3) is 0.422. The van der Waals surface area contributed by atoms with Gasteiger partial charge in [0.2, 0.25) is 17.7 Å². The number of carbonyl (C=O) groups is 4. The molecule has 2 aliphatic rings. The molecule has 0 spiro atoms. The van der Waals surface area contributed by atoms with E-state index in [2.05, 4.69) is 43.6 Å². The second kappa shape index (κ2) is 19.7. The SMILES string of the molecule is C#Cc1ccc([C@H](C)NC(=O)[C@@H]2C[C@@H](O)CN2C(=O)[C@@H](NC(=O)CCN2CCN(c3ccc(NC(=O)c4cccc(C(=N)/C=C\N)n4)c(OC)c3)C[C@H]2C)C(C)(C)C)cc1. The quantitative estimate of drug-likeness (QED) is 0.103. The molecule has 0 radical (unpaired) electrons. The highest BCUT2D eigenvalue weighted by Crippen LogP contribution is 2.32. The molecule has 60 heavy (non-hydrogen) atoms. The number of amides is 4. The molecular formula is C45H57N9O6. The van der Waals surface area contributed by atoms with E-state index in [0.29, 0.717) is 43.3 Å². The van der Waals surface area contributed by atoms with E-state index < -0.39 is 35.4 Å². The molecular weight excluding hydrogens is 763 g/mol. The first kappa shape index (κ1) is 44.9. The van der Waals surface area contributed by atoms with Gasteiger partial charge in [-0.2, -0.15) is 0 Å². The van der Waals surface area contributed by atoms with Crippen molar-refractivity contribution >= 4 is 40.7 Å². The smallest absolute Gasteiger partial charge is 0.274 e. The van der Waals surface area contributed by atoms with E-state index in [1.165, 1.54) is 24.3 Å². The van der Waals surface area contributed by atoms with E-state index in [0.717, 1.165) is 16.8 Å². The van der Waals surface area contributed by atoms with Crippen molar-refractivity contribution < 1.29 is 29.0 Å². The first-order valence-corrected chi connectivity index (χ1v) is 20.1. The molecule has 2 aliphatic heterocycles. The number of anilines is 2. The summed E-state index contributed by atoms with van der Waals surface area (Å²) in [6.45, 7) is 12.0. The van der Waals surface area contributed by atoms with Crippen LogP contribution in [0.15, 0.2) is 72.9 Å². The van der Waals surface area contributed by atoms with Gasteiger partial charge in [-0.25, -0.2) is 4.98 Å². The molecule has 5 rings (SSSR count). The first-order valence-electron chi connectivity index (χ1n) is 20.1. The molecule has 5 atom stereocenters. The van der Waals surface area contributed by atoms with E-state index in [-0.39, 0.29) is 54.7 Å². The molecule has 0 unspecified atom stereocenters. The summed E-state index contributed by atoms with van der Waals surface area (Å²) in [7, 11) is 1.53. The van der Waals surface area contributed by atoms with Gasteiger partial charge in [-0.3, -0.25) is 29.5 Å². The van der Waals surface area contributed by atoms with Gasteiger partial charge in [0.15, 0.2) is 0 Å². The maximum Gasteiger partial charge on any atom is 0.274 e. The minimum Gasteiger partial charge on any atom is -0.494 e. The Morgan fingerprint density at radius 2 is 1.78 bits per heavy atom. The van der Waals surface area contributed by atoms with Crippen LogP contribution in [0.5, 0.6) is 5.75 Å². The maximum atomic E-state index is 14.1. The number of benzene rings is 2. The zero-order valence-corrected chi connectivity index (χ0v) is 35.2. The lowest BCUT2D eigenvalue weighted by Gasteiger charge is -2.41. The molecule has 7 N–H and O–H groups in total. The van der Waals surface area contributed by atoms with Crippen LogP contribution in [0.25, 0.3) is 0 Å². The number of nitrogens with two attached hydrogens (primary N) is 1. The Morgan fingerprint density at radius 3 is 2.43 bits per heavy atom. The van der Waals surface area contributed by atoms with Crippen LogP contribution >= 0.6 is 0 Å². The monoisotopic (exact) mass is 819 g/mol. The van der Waals surface area contributed by atoms with Gasteiger partial charge in [-0.1, -0.05) is 44.9 Å². The number of aliphatic hydroxyl groups excluding tert-OH is 1. The number of carbonyl (C=O) groups excluding carboxylic acids is 4. The van der Waals surface area contributed by atoms with E-state index in [4.69, 9.17) is 22.3 Å². The van der Waals surface area contributed by atoms with Gasteiger partial charge in [0.25, 0.3) is 5.91 Å². The third kappa shape index (κ3) is 11.1. The topological polar surface area (TPSA) is 206 Å². The van der Waals surface area contributed by atoms with Gasteiger partial charge in [0.05, 0.1) is 36.3 Å². The lowest BCUT2D eigenvalue weighted by Crippen LogP contribution is -2.58. The van der Waals surface area contributed by atoms with Crippen molar-refractivity contribution in [2.75, 3.05) is 50.1 Å². The van der Waals surface area contributed by atoms with Crippen molar-refractivity contribution in [2.24, 2.45) is 11.1 Å². The number of methoxy groups -OCH3 is 1. The normalized spacial score (nSPS) is 19.3. The van der Waals surface area contributed by atoms with Crippen LogP contribution in [-0.2, 0) is 14.4 Å². The molecule has 15 nitrogen and oxygen atoms in total. The largest absolute Gasteiger partial charge is 0.494 e. The van der Waals surface area contributed by atoms with Crippen LogP contribution in [0.4, 0.5) is 11.4 Å². The zero-order chi connectivity index (χ0) is 43.7. The summed E-state index contributed by atoms with van der Waals surface area (Å²) in [6.07, 6.45) is 7.49. The van der Waals surface area contributed by atoms with Crippen LogP contribution in [0.1, 0.15) is 80.8 Å². The summed E-state index contributed by atoms with van der Waals surface area (Å²) < 4.78 is 5.65. The number of nitrogens with one attached hydrogen (secondary N) is 4. The summed E-state index contributed by atoms with van der Waals surface area (Å²) in [4.78, 5) is 64.4. The highest BCUT2D eigenvalue weighted by atomic mass is 16.5. The highest BCUT2D eigenvalue weighted by Gasteiger charge is 2.44. The molecule has 3 heterocycles. The molecule has 4 amide bonds. The van der Waals surface area contributed by atoms with E-state index in [1.54, 1.807) is 36.4 Å². The number of pyridine rings is 1. The van der Waals surface area contributed by atoms with Crippen LogP contribution in [0.2, 0.25) is 0 Å².